The smallest absolute Gasteiger partial charge is 0.262 e. The van der Waals surface area contributed by atoms with Crippen molar-refractivity contribution >= 4 is 17.7 Å². The van der Waals surface area contributed by atoms with Crippen LogP contribution in [0.5, 0.6) is 0 Å². The van der Waals surface area contributed by atoms with E-state index in [1.54, 1.807) is 0 Å². The summed E-state index contributed by atoms with van der Waals surface area (Å²) in [6, 6.07) is 9.21. The molecule has 0 atom stereocenters. The molecule has 0 radical (unpaired) electrons. The van der Waals surface area contributed by atoms with Gasteiger partial charge in [0.1, 0.15) is 6.54 Å². The average molecular weight is 321 g/mol. The third-order valence-corrected chi connectivity index (χ3v) is 3.24. The summed E-state index contributed by atoms with van der Waals surface area (Å²) in [4.78, 5) is 36.5. The second-order valence-electron chi connectivity index (χ2n) is 5.14. The van der Waals surface area contributed by atoms with Gasteiger partial charge in [0.15, 0.2) is 0 Å². The van der Waals surface area contributed by atoms with Crippen molar-refractivity contribution in [1.82, 2.24) is 15.7 Å². The van der Waals surface area contributed by atoms with Crippen molar-refractivity contribution in [2.75, 3.05) is 19.6 Å². The van der Waals surface area contributed by atoms with Gasteiger partial charge in [-0.15, -0.1) is 0 Å². The lowest BCUT2D eigenvalue weighted by atomic mass is 10.1. The maximum absolute atomic E-state index is 12.1. The van der Waals surface area contributed by atoms with Crippen molar-refractivity contribution in [2.45, 2.75) is 26.2 Å². The molecule has 0 aliphatic heterocycles. The van der Waals surface area contributed by atoms with Crippen LogP contribution in [0.1, 0.15) is 25.3 Å². The highest BCUT2D eigenvalue weighted by Gasteiger charge is 2.17. The summed E-state index contributed by atoms with van der Waals surface area (Å²) in [6.45, 7) is 1.96. The summed E-state index contributed by atoms with van der Waals surface area (Å²) in [5, 5.41) is 11.1. The number of hydroxylamine groups is 1. The Morgan fingerprint density at radius 1 is 1.13 bits per heavy atom. The first-order chi connectivity index (χ1) is 11.1. The molecule has 0 heterocycles. The van der Waals surface area contributed by atoms with Crippen LogP contribution in [-0.2, 0) is 20.8 Å². The van der Waals surface area contributed by atoms with Crippen molar-refractivity contribution < 1.29 is 19.6 Å². The van der Waals surface area contributed by atoms with E-state index < -0.39 is 5.91 Å². The Morgan fingerprint density at radius 3 is 2.43 bits per heavy atom. The van der Waals surface area contributed by atoms with Gasteiger partial charge in [-0.3, -0.25) is 19.6 Å². The van der Waals surface area contributed by atoms with E-state index in [-0.39, 0.29) is 31.3 Å². The van der Waals surface area contributed by atoms with Gasteiger partial charge in [0.25, 0.3) is 5.91 Å². The average Bonchev–Trinajstić information content (AvgIpc) is 2.57. The van der Waals surface area contributed by atoms with E-state index in [1.165, 1.54) is 10.4 Å². The molecular weight excluding hydrogens is 298 g/mol. The fraction of sp³-hybridized carbons (Fsp3) is 0.438. The molecule has 0 bridgehead atoms. The Kier molecular flexibility index (Phi) is 8.38. The summed E-state index contributed by atoms with van der Waals surface area (Å²) in [6.07, 6.45) is 1.80. The Hall–Kier alpha value is -2.41. The Balaban J connectivity index is 2.46. The Bertz CT molecular complexity index is 519. The second kappa shape index (κ2) is 10.3. The molecular formula is C16H23N3O4. The molecule has 3 N–H and O–H groups in total. The van der Waals surface area contributed by atoms with Crippen LogP contribution in [0.4, 0.5) is 0 Å². The zero-order valence-corrected chi connectivity index (χ0v) is 13.2. The van der Waals surface area contributed by atoms with Crippen molar-refractivity contribution in [3.63, 3.8) is 0 Å². The molecule has 3 amide bonds. The highest BCUT2D eigenvalue weighted by molar-refractivity contribution is 5.88. The highest BCUT2D eigenvalue weighted by Crippen LogP contribution is 2.00. The molecule has 0 saturated carbocycles. The lowest BCUT2D eigenvalue weighted by molar-refractivity contribution is -0.139. The van der Waals surface area contributed by atoms with Crippen LogP contribution in [0.15, 0.2) is 30.3 Å². The molecule has 0 spiro atoms. The van der Waals surface area contributed by atoms with Gasteiger partial charge in [-0.1, -0.05) is 43.7 Å². The van der Waals surface area contributed by atoms with E-state index in [1.807, 2.05) is 37.3 Å². The van der Waals surface area contributed by atoms with E-state index in [4.69, 9.17) is 5.21 Å². The number of amides is 3. The number of nitrogens with zero attached hydrogens (tertiary/aromatic N) is 1. The van der Waals surface area contributed by atoms with Crippen LogP contribution in [0.2, 0.25) is 0 Å². The summed E-state index contributed by atoms with van der Waals surface area (Å²) >= 11 is 0. The molecule has 7 nitrogen and oxygen atoms in total. The van der Waals surface area contributed by atoms with E-state index >= 15 is 0 Å². The van der Waals surface area contributed by atoms with Crippen LogP contribution in [0, 0.1) is 0 Å². The van der Waals surface area contributed by atoms with Gasteiger partial charge >= 0.3 is 0 Å². The monoisotopic (exact) mass is 321 g/mol. The van der Waals surface area contributed by atoms with Crippen LogP contribution >= 0.6 is 0 Å². The third kappa shape index (κ3) is 7.42. The number of nitrogens with one attached hydrogen (secondary N) is 2. The summed E-state index contributed by atoms with van der Waals surface area (Å²) < 4.78 is 0. The van der Waals surface area contributed by atoms with Crippen LogP contribution < -0.4 is 10.8 Å². The number of carbonyl (C=O) groups is 3. The first-order valence-electron chi connectivity index (χ1n) is 7.58. The Labute approximate surface area is 135 Å². The first kappa shape index (κ1) is 18.6. The van der Waals surface area contributed by atoms with Gasteiger partial charge in [-0.2, -0.15) is 0 Å². The second-order valence-corrected chi connectivity index (χ2v) is 5.14. The molecule has 1 rings (SSSR count). The van der Waals surface area contributed by atoms with Gasteiger partial charge in [0, 0.05) is 6.54 Å². The Morgan fingerprint density at radius 2 is 1.83 bits per heavy atom. The van der Waals surface area contributed by atoms with Gasteiger partial charge in [-0.05, 0) is 12.0 Å². The lowest BCUT2D eigenvalue weighted by Crippen LogP contribution is -2.45. The number of hydrogen-bond acceptors (Lipinski definition) is 4. The van der Waals surface area contributed by atoms with Gasteiger partial charge < -0.3 is 10.2 Å². The first-order valence-corrected chi connectivity index (χ1v) is 7.58. The normalized spacial score (nSPS) is 10.0. The van der Waals surface area contributed by atoms with Crippen molar-refractivity contribution in [3.8, 4) is 0 Å². The van der Waals surface area contributed by atoms with Crippen LogP contribution in [-0.4, -0.2) is 47.5 Å². The van der Waals surface area contributed by atoms with Crippen molar-refractivity contribution in [2.24, 2.45) is 0 Å². The fourth-order valence-electron chi connectivity index (χ4n) is 1.98. The standard InChI is InChI=1S/C16H23N3O4/c1-2-3-9-19(12-15(21)18-23)16(22)11-17-14(20)10-13-7-5-4-6-8-13/h4-8,23H,2-3,9-12H2,1H3,(H,17,20)(H,18,21). The molecule has 0 aliphatic rings. The molecule has 0 aliphatic carbocycles. The van der Waals surface area contributed by atoms with Gasteiger partial charge in [0.05, 0.1) is 13.0 Å². The summed E-state index contributed by atoms with van der Waals surface area (Å²) in [5.41, 5.74) is 2.37. The summed E-state index contributed by atoms with van der Waals surface area (Å²) in [5.74, 6) is -1.28. The predicted molar refractivity (Wildman–Crippen MR) is 84.6 cm³/mol. The summed E-state index contributed by atoms with van der Waals surface area (Å²) in [7, 11) is 0. The van der Waals surface area contributed by atoms with Crippen LogP contribution in [0.25, 0.3) is 0 Å². The topological polar surface area (TPSA) is 98.7 Å². The third-order valence-electron chi connectivity index (χ3n) is 3.24. The number of unbranched alkanes of at least 4 members (excludes halogenated alkanes) is 1. The SMILES string of the molecule is CCCCN(CC(=O)NO)C(=O)CNC(=O)Cc1ccccc1. The minimum Gasteiger partial charge on any atom is -0.347 e. The van der Waals surface area contributed by atoms with E-state index in [2.05, 4.69) is 5.32 Å². The lowest BCUT2D eigenvalue weighted by Gasteiger charge is -2.21. The molecule has 0 unspecified atom stereocenters. The largest absolute Gasteiger partial charge is 0.347 e. The van der Waals surface area contributed by atoms with E-state index in [9.17, 15) is 14.4 Å². The van der Waals surface area contributed by atoms with Crippen LogP contribution in [0.3, 0.4) is 0 Å². The molecule has 0 saturated heterocycles. The molecule has 1 aromatic rings. The van der Waals surface area contributed by atoms with Gasteiger partial charge in [0.2, 0.25) is 11.8 Å². The molecule has 23 heavy (non-hydrogen) atoms. The number of carbonyl (C=O) groups excluding carboxylic acids is 3. The minimum absolute atomic E-state index is 0.173. The predicted octanol–water partition coefficient (Wildman–Crippen LogP) is 0.479. The molecule has 7 heteroatoms. The minimum atomic E-state index is -0.662. The number of hydrogen-bond donors (Lipinski definition) is 3. The molecule has 1 aromatic carbocycles. The zero-order chi connectivity index (χ0) is 17.1. The van der Waals surface area contributed by atoms with Gasteiger partial charge in [-0.25, -0.2) is 5.48 Å². The number of benzene rings is 1. The zero-order valence-electron chi connectivity index (χ0n) is 13.2. The number of rotatable bonds is 9. The molecule has 0 fully saturated rings. The maximum atomic E-state index is 12.1. The fourth-order valence-corrected chi connectivity index (χ4v) is 1.98. The van der Waals surface area contributed by atoms with Crippen molar-refractivity contribution in [1.29, 1.82) is 0 Å². The van der Waals surface area contributed by atoms with E-state index in [0.29, 0.717) is 6.54 Å². The molecule has 0 aromatic heterocycles. The van der Waals surface area contributed by atoms with E-state index in [0.717, 1.165) is 18.4 Å². The van der Waals surface area contributed by atoms with Crippen molar-refractivity contribution in [3.05, 3.63) is 35.9 Å². The molecule has 126 valence electrons. The quantitative estimate of drug-likeness (QED) is 0.455. The maximum Gasteiger partial charge on any atom is 0.262 e. The highest BCUT2D eigenvalue weighted by atomic mass is 16.5.